The summed E-state index contributed by atoms with van der Waals surface area (Å²) < 4.78 is 55.6. The third-order valence-electron chi connectivity index (χ3n) is 3.52. The van der Waals surface area contributed by atoms with Gasteiger partial charge >= 0.3 is 6.03 Å². The molecule has 29 heavy (non-hydrogen) atoms. The maximum atomic E-state index is 12.7. The third-order valence-corrected chi connectivity index (χ3v) is 6.12. The molecule has 158 valence electrons. The molecule has 0 fully saturated rings. The Labute approximate surface area is 172 Å². The van der Waals surface area contributed by atoms with Crippen LogP contribution in [0.4, 0.5) is 10.7 Å². The van der Waals surface area contributed by atoms with Crippen LogP contribution in [0.3, 0.4) is 0 Å². The van der Waals surface area contributed by atoms with Gasteiger partial charge < -0.3 is 4.74 Å². The number of aromatic nitrogens is 2. The lowest BCUT2D eigenvalue weighted by Crippen LogP contribution is -2.35. The lowest BCUT2D eigenvalue weighted by Gasteiger charge is -2.14. The molecule has 14 heteroatoms. The van der Waals surface area contributed by atoms with E-state index in [1.807, 2.05) is 0 Å². The van der Waals surface area contributed by atoms with Gasteiger partial charge in [0.2, 0.25) is 21.9 Å². The summed E-state index contributed by atoms with van der Waals surface area (Å²) in [5.74, 6) is -0.0900. The Kier molecular flexibility index (Phi) is 7.00. The summed E-state index contributed by atoms with van der Waals surface area (Å²) in [6, 6.07) is 3.84. The number of anilines is 1. The van der Waals surface area contributed by atoms with Crippen LogP contribution >= 0.6 is 11.6 Å². The molecule has 0 atom stereocenters. The zero-order valence-electron chi connectivity index (χ0n) is 15.3. The van der Waals surface area contributed by atoms with E-state index < -0.39 is 35.9 Å². The Bertz CT molecular complexity index is 1140. The first kappa shape index (κ1) is 22.8. The number of alkyl halides is 1. The number of sulfonamides is 2. The molecule has 1 aromatic carbocycles. The highest BCUT2D eigenvalue weighted by Gasteiger charge is 2.26. The molecule has 0 aliphatic heterocycles. The van der Waals surface area contributed by atoms with Crippen molar-refractivity contribution < 1.29 is 26.4 Å². The van der Waals surface area contributed by atoms with Crippen LogP contribution in [0.15, 0.2) is 34.1 Å². The van der Waals surface area contributed by atoms with Gasteiger partial charge in [-0.15, -0.1) is 11.6 Å². The fraction of sp³-hybridized carbons (Fsp3) is 0.267. The lowest BCUT2D eigenvalue weighted by molar-refractivity contribution is 0.256. The number of carbonyl (C=O) groups is 1. The number of amides is 2. The number of carbonyl (C=O) groups excluding carboxylic acids is 1. The van der Waals surface area contributed by atoms with E-state index in [1.165, 1.54) is 19.2 Å². The van der Waals surface area contributed by atoms with Crippen LogP contribution in [0.25, 0.3) is 0 Å². The second kappa shape index (κ2) is 8.90. The molecule has 0 bridgehead atoms. The van der Waals surface area contributed by atoms with E-state index in [0.717, 1.165) is 12.1 Å². The highest BCUT2D eigenvalue weighted by atomic mass is 35.5. The van der Waals surface area contributed by atoms with Crippen LogP contribution in [0.1, 0.15) is 11.3 Å². The van der Waals surface area contributed by atoms with Crippen molar-refractivity contribution in [2.45, 2.75) is 23.1 Å². The average Bonchev–Trinajstić information content (AvgIpc) is 2.59. The molecular formula is C15H18ClN5O6S2. The van der Waals surface area contributed by atoms with Gasteiger partial charge in [-0.1, -0.05) is 6.07 Å². The standard InChI is InChI=1S/C15H18ClN5O6S2/c1-9-8-13(27-2)19-14(18-9)20-15(22)21-29(25,26)12-5-3-4-11(28(17,23)24)10(12)6-7-16/h3-5,8H,6-7H2,1-2H3,(H2,17,23,24)(H2,18,19,20,21,22). The van der Waals surface area contributed by atoms with Gasteiger partial charge in [0.25, 0.3) is 10.0 Å². The minimum atomic E-state index is -4.47. The monoisotopic (exact) mass is 463 g/mol. The van der Waals surface area contributed by atoms with Crippen LogP contribution in [-0.4, -0.2) is 45.8 Å². The lowest BCUT2D eigenvalue weighted by atomic mass is 10.2. The number of hydrogen-bond donors (Lipinski definition) is 3. The van der Waals surface area contributed by atoms with E-state index in [-0.39, 0.29) is 29.7 Å². The molecule has 0 aliphatic rings. The summed E-state index contributed by atoms with van der Waals surface area (Å²) >= 11 is 5.68. The van der Waals surface area contributed by atoms with Crippen molar-refractivity contribution in [3.63, 3.8) is 0 Å². The SMILES string of the molecule is COc1cc(C)nc(NC(=O)NS(=O)(=O)c2cccc(S(N)(=O)=O)c2CCCl)n1. The number of nitrogens with two attached hydrogens (primary N) is 1. The number of hydrogen-bond acceptors (Lipinski definition) is 8. The molecule has 11 nitrogen and oxygen atoms in total. The molecule has 1 aromatic heterocycles. The Hall–Kier alpha value is -2.48. The van der Waals surface area contributed by atoms with Crippen molar-refractivity contribution in [1.29, 1.82) is 0 Å². The molecule has 0 saturated carbocycles. The largest absolute Gasteiger partial charge is 0.481 e. The Morgan fingerprint density at radius 1 is 1.21 bits per heavy atom. The first-order chi connectivity index (χ1) is 13.5. The Morgan fingerprint density at radius 2 is 1.86 bits per heavy atom. The van der Waals surface area contributed by atoms with Gasteiger partial charge in [-0.25, -0.2) is 36.5 Å². The number of nitrogens with one attached hydrogen (secondary N) is 2. The highest BCUT2D eigenvalue weighted by Crippen LogP contribution is 2.24. The molecule has 0 aliphatic carbocycles. The first-order valence-electron chi connectivity index (χ1n) is 7.92. The second-order valence-electron chi connectivity index (χ2n) is 5.65. The highest BCUT2D eigenvalue weighted by molar-refractivity contribution is 7.90. The van der Waals surface area contributed by atoms with Crippen molar-refractivity contribution in [2.24, 2.45) is 5.14 Å². The molecule has 0 unspecified atom stereocenters. The number of aryl methyl sites for hydroxylation is 1. The summed E-state index contributed by atoms with van der Waals surface area (Å²) in [4.78, 5) is 19.2. The smallest absolute Gasteiger partial charge is 0.335 e. The molecule has 2 amide bonds. The first-order valence-corrected chi connectivity index (χ1v) is 11.5. The van der Waals surface area contributed by atoms with E-state index >= 15 is 0 Å². The number of nitrogens with zero attached hydrogens (tertiary/aromatic N) is 2. The van der Waals surface area contributed by atoms with Gasteiger partial charge in [-0.2, -0.15) is 4.98 Å². The zero-order chi connectivity index (χ0) is 21.8. The zero-order valence-corrected chi connectivity index (χ0v) is 17.7. The summed E-state index contributed by atoms with van der Waals surface area (Å²) in [7, 11) is -7.31. The quantitative estimate of drug-likeness (QED) is 0.504. The van der Waals surface area contributed by atoms with Crippen LogP contribution in [-0.2, 0) is 26.5 Å². The van der Waals surface area contributed by atoms with Crippen molar-refractivity contribution in [1.82, 2.24) is 14.7 Å². The minimum Gasteiger partial charge on any atom is -0.481 e. The molecule has 2 rings (SSSR count). The molecule has 0 spiro atoms. The number of urea groups is 1. The van der Waals surface area contributed by atoms with Crippen LogP contribution in [0.2, 0.25) is 0 Å². The number of methoxy groups -OCH3 is 1. The van der Waals surface area contributed by atoms with Gasteiger partial charge in [-0.3, -0.25) is 5.32 Å². The molecule has 0 saturated heterocycles. The topological polar surface area (TPSA) is 170 Å². The third kappa shape index (κ3) is 5.76. The summed E-state index contributed by atoms with van der Waals surface area (Å²) in [5.41, 5.74) is 0.346. The fourth-order valence-electron chi connectivity index (χ4n) is 2.41. The summed E-state index contributed by atoms with van der Waals surface area (Å²) in [5, 5.41) is 7.33. The van der Waals surface area contributed by atoms with Crippen LogP contribution in [0, 0.1) is 6.92 Å². The maximum absolute atomic E-state index is 12.7. The maximum Gasteiger partial charge on any atom is 0.335 e. The van der Waals surface area contributed by atoms with E-state index in [2.05, 4.69) is 15.3 Å². The van der Waals surface area contributed by atoms with E-state index in [9.17, 15) is 21.6 Å². The van der Waals surface area contributed by atoms with Crippen LogP contribution in [0.5, 0.6) is 5.88 Å². The summed E-state index contributed by atoms with van der Waals surface area (Å²) in [6.45, 7) is 1.63. The van der Waals surface area contributed by atoms with E-state index in [4.69, 9.17) is 21.5 Å². The molecular weight excluding hydrogens is 446 g/mol. The van der Waals surface area contributed by atoms with Gasteiger partial charge in [-0.05, 0) is 31.0 Å². The van der Waals surface area contributed by atoms with Gasteiger partial charge in [0.05, 0.1) is 16.9 Å². The van der Waals surface area contributed by atoms with Crippen molar-refractivity contribution in [2.75, 3.05) is 18.3 Å². The number of rotatable bonds is 7. The van der Waals surface area contributed by atoms with Gasteiger partial charge in [0.15, 0.2) is 0 Å². The van der Waals surface area contributed by atoms with Crippen LogP contribution < -0.4 is 19.9 Å². The number of primary sulfonamides is 1. The Balaban J connectivity index is 2.36. The van der Waals surface area contributed by atoms with Crippen molar-refractivity contribution in [3.05, 3.63) is 35.5 Å². The normalized spacial score (nSPS) is 11.7. The molecule has 4 N–H and O–H groups in total. The van der Waals surface area contributed by atoms with Crippen molar-refractivity contribution >= 4 is 43.6 Å². The number of benzene rings is 1. The van der Waals surface area contributed by atoms with Crippen molar-refractivity contribution in [3.8, 4) is 5.88 Å². The summed E-state index contributed by atoms with van der Waals surface area (Å²) in [6.07, 6.45) is -0.107. The van der Waals surface area contributed by atoms with E-state index in [1.54, 1.807) is 11.6 Å². The molecule has 1 heterocycles. The predicted molar refractivity (Wildman–Crippen MR) is 105 cm³/mol. The number of halogens is 1. The molecule has 2 aromatic rings. The fourth-order valence-corrected chi connectivity index (χ4v) is 4.69. The Morgan fingerprint density at radius 3 is 2.45 bits per heavy atom. The van der Waals surface area contributed by atoms with Gasteiger partial charge in [0.1, 0.15) is 0 Å². The average molecular weight is 464 g/mol. The minimum absolute atomic E-state index is 0.0713. The number of ether oxygens (including phenoxy) is 1. The molecule has 0 radical (unpaired) electrons. The predicted octanol–water partition coefficient (Wildman–Crippen LogP) is 0.733. The van der Waals surface area contributed by atoms with Gasteiger partial charge in [0, 0.05) is 17.6 Å². The second-order valence-corrected chi connectivity index (χ2v) is 9.21. The van der Waals surface area contributed by atoms with E-state index in [0.29, 0.717) is 5.69 Å².